The van der Waals surface area contributed by atoms with Gasteiger partial charge in [0.1, 0.15) is 0 Å². The van der Waals surface area contributed by atoms with Gasteiger partial charge in [0.2, 0.25) is 0 Å². The van der Waals surface area contributed by atoms with E-state index >= 15 is 0 Å². The van der Waals surface area contributed by atoms with Gasteiger partial charge >= 0.3 is 0 Å². The average molecular weight is 302 g/mol. The molecule has 4 nitrogen and oxygen atoms in total. The standard InChI is InChI=1S/C18H26N2O2/c1-2-11-21-15-18-7-3-12-22-17(18)6-10-20(14-18)13-16-4-8-19-9-5-16/h2,4-5,8-9,17H,1,3,6-7,10-15H2. The zero-order chi connectivity index (χ0) is 15.3. The Morgan fingerprint density at radius 3 is 3.14 bits per heavy atom. The molecule has 2 saturated heterocycles. The predicted octanol–water partition coefficient (Wildman–Crippen LogP) is 2.66. The molecule has 2 atom stereocenters. The highest BCUT2D eigenvalue weighted by atomic mass is 16.5. The molecule has 120 valence electrons. The fraction of sp³-hybridized carbons (Fsp3) is 0.611. The molecule has 0 aliphatic carbocycles. The van der Waals surface area contributed by atoms with Crippen molar-refractivity contribution in [2.24, 2.45) is 5.41 Å². The van der Waals surface area contributed by atoms with Gasteiger partial charge in [0.25, 0.3) is 0 Å². The van der Waals surface area contributed by atoms with E-state index in [-0.39, 0.29) is 5.41 Å². The van der Waals surface area contributed by atoms with Crippen LogP contribution < -0.4 is 0 Å². The van der Waals surface area contributed by atoms with Crippen molar-refractivity contribution in [1.29, 1.82) is 0 Å². The molecule has 0 spiro atoms. The molecule has 0 bridgehead atoms. The van der Waals surface area contributed by atoms with Gasteiger partial charge in [-0.05, 0) is 37.0 Å². The van der Waals surface area contributed by atoms with E-state index in [1.807, 2.05) is 18.5 Å². The van der Waals surface area contributed by atoms with E-state index in [9.17, 15) is 0 Å². The minimum absolute atomic E-state index is 0.145. The number of hydrogen-bond acceptors (Lipinski definition) is 4. The van der Waals surface area contributed by atoms with Gasteiger partial charge in [-0.3, -0.25) is 9.88 Å². The molecular formula is C18H26N2O2. The normalized spacial score (nSPS) is 29.0. The number of piperidine rings is 1. The first kappa shape index (κ1) is 15.7. The number of fused-ring (bicyclic) bond motifs is 1. The molecule has 0 aromatic carbocycles. The number of nitrogens with zero attached hydrogens (tertiary/aromatic N) is 2. The first-order valence-electron chi connectivity index (χ1n) is 8.24. The van der Waals surface area contributed by atoms with Crippen LogP contribution in [0.1, 0.15) is 24.8 Å². The number of rotatable bonds is 6. The molecule has 22 heavy (non-hydrogen) atoms. The van der Waals surface area contributed by atoms with E-state index in [4.69, 9.17) is 9.47 Å². The first-order chi connectivity index (χ1) is 10.8. The number of hydrogen-bond donors (Lipinski definition) is 0. The second kappa shape index (κ2) is 7.36. The fourth-order valence-electron chi connectivity index (χ4n) is 3.82. The fourth-order valence-corrected chi connectivity index (χ4v) is 3.82. The lowest BCUT2D eigenvalue weighted by molar-refractivity contribution is -0.152. The second-order valence-corrected chi connectivity index (χ2v) is 6.48. The Hall–Kier alpha value is -1.23. The maximum atomic E-state index is 6.07. The summed E-state index contributed by atoms with van der Waals surface area (Å²) in [6, 6.07) is 4.20. The topological polar surface area (TPSA) is 34.6 Å². The van der Waals surface area contributed by atoms with Crippen LogP contribution in [0.25, 0.3) is 0 Å². The molecule has 3 rings (SSSR count). The summed E-state index contributed by atoms with van der Waals surface area (Å²) in [5.74, 6) is 0. The van der Waals surface area contributed by atoms with Crippen LogP contribution in [-0.4, -0.2) is 48.9 Å². The van der Waals surface area contributed by atoms with Crippen LogP contribution in [0.3, 0.4) is 0 Å². The van der Waals surface area contributed by atoms with Gasteiger partial charge in [-0.25, -0.2) is 0 Å². The zero-order valence-electron chi connectivity index (χ0n) is 13.2. The minimum Gasteiger partial charge on any atom is -0.377 e. The van der Waals surface area contributed by atoms with Gasteiger partial charge in [-0.15, -0.1) is 6.58 Å². The summed E-state index contributed by atoms with van der Waals surface area (Å²) in [7, 11) is 0. The van der Waals surface area contributed by atoms with Crippen molar-refractivity contribution >= 4 is 0 Å². The van der Waals surface area contributed by atoms with Crippen LogP contribution in [0, 0.1) is 5.41 Å². The van der Waals surface area contributed by atoms with Crippen molar-refractivity contribution in [2.45, 2.75) is 31.9 Å². The molecule has 0 amide bonds. The van der Waals surface area contributed by atoms with Crippen LogP contribution >= 0.6 is 0 Å². The van der Waals surface area contributed by atoms with E-state index in [2.05, 4.69) is 28.6 Å². The summed E-state index contributed by atoms with van der Waals surface area (Å²) in [4.78, 5) is 6.64. The Bertz CT molecular complexity index is 479. The third-order valence-corrected chi connectivity index (χ3v) is 4.85. The molecule has 2 aliphatic heterocycles. The monoisotopic (exact) mass is 302 g/mol. The number of ether oxygens (including phenoxy) is 2. The molecule has 1 aromatic rings. The molecule has 2 unspecified atom stereocenters. The van der Waals surface area contributed by atoms with Crippen LogP contribution in [0.5, 0.6) is 0 Å². The van der Waals surface area contributed by atoms with Crippen molar-refractivity contribution in [3.8, 4) is 0 Å². The second-order valence-electron chi connectivity index (χ2n) is 6.48. The Morgan fingerprint density at radius 1 is 1.45 bits per heavy atom. The molecule has 0 N–H and O–H groups in total. The average Bonchev–Trinajstić information content (AvgIpc) is 2.56. The molecule has 0 radical (unpaired) electrons. The SMILES string of the molecule is C=CCOCC12CCCOC1CCN(Cc1ccncc1)C2. The number of pyridine rings is 1. The lowest BCUT2D eigenvalue weighted by Crippen LogP contribution is -2.56. The van der Waals surface area contributed by atoms with Crippen LogP contribution in [0.4, 0.5) is 0 Å². The highest BCUT2D eigenvalue weighted by Gasteiger charge is 2.45. The van der Waals surface area contributed by atoms with Crippen molar-refractivity contribution in [3.63, 3.8) is 0 Å². The zero-order valence-corrected chi connectivity index (χ0v) is 13.2. The van der Waals surface area contributed by atoms with Gasteiger partial charge in [0, 0.05) is 44.0 Å². The molecule has 2 fully saturated rings. The van der Waals surface area contributed by atoms with Crippen molar-refractivity contribution in [3.05, 3.63) is 42.7 Å². The Kier molecular flexibility index (Phi) is 5.24. The third-order valence-electron chi connectivity index (χ3n) is 4.85. The molecule has 1 aromatic heterocycles. The predicted molar refractivity (Wildman–Crippen MR) is 86.6 cm³/mol. The van der Waals surface area contributed by atoms with E-state index in [0.29, 0.717) is 12.7 Å². The largest absolute Gasteiger partial charge is 0.377 e. The summed E-state index contributed by atoms with van der Waals surface area (Å²) >= 11 is 0. The van der Waals surface area contributed by atoms with Gasteiger partial charge in [-0.1, -0.05) is 6.08 Å². The summed E-state index contributed by atoms with van der Waals surface area (Å²) in [5, 5.41) is 0. The quantitative estimate of drug-likeness (QED) is 0.598. The summed E-state index contributed by atoms with van der Waals surface area (Å²) in [5.41, 5.74) is 1.47. The lowest BCUT2D eigenvalue weighted by Gasteiger charge is -2.50. The maximum Gasteiger partial charge on any atom is 0.0677 e. The molecule has 3 heterocycles. The number of aromatic nitrogens is 1. The highest BCUT2D eigenvalue weighted by Crippen LogP contribution is 2.40. The van der Waals surface area contributed by atoms with E-state index in [1.54, 1.807) is 0 Å². The van der Waals surface area contributed by atoms with E-state index in [0.717, 1.165) is 45.7 Å². The first-order valence-corrected chi connectivity index (χ1v) is 8.24. The molecule has 2 aliphatic rings. The summed E-state index contributed by atoms with van der Waals surface area (Å²) in [6.07, 6.45) is 9.34. The minimum atomic E-state index is 0.145. The third kappa shape index (κ3) is 3.57. The van der Waals surface area contributed by atoms with E-state index < -0.39 is 0 Å². The Labute approximate surface area is 133 Å². The summed E-state index contributed by atoms with van der Waals surface area (Å²) in [6.45, 7) is 9.17. The Morgan fingerprint density at radius 2 is 2.32 bits per heavy atom. The Balaban J connectivity index is 1.67. The van der Waals surface area contributed by atoms with Gasteiger partial charge in [0.05, 0.1) is 19.3 Å². The number of likely N-dealkylation sites (tertiary alicyclic amines) is 1. The van der Waals surface area contributed by atoms with Crippen molar-refractivity contribution in [1.82, 2.24) is 9.88 Å². The van der Waals surface area contributed by atoms with Crippen LogP contribution in [-0.2, 0) is 16.0 Å². The highest BCUT2D eigenvalue weighted by molar-refractivity contribution is 5.10. The smallest absolute Gasteiger partial charge is 0.0677 e. The molecule has 4 heteroatoms. The summed E-state index contributed by atoms with van der Waals surface area (Å²) < 4.78 is 11.9. The van der Waals surface area contributed by atoms with Crippen LogP contribution in [0.15, 0.2) is 37.2 Å². The van der Waals surface area contributed by atoms with Crippen LogP contribution in [0.2, 0.25) is 0 Å². The lowest BCUT2D eigenvalue weighted by atomic mass is 9.73. The van der Waals surface area contributed by atoms with Gasteiger partial charge in [-0.2, -0.15) is 0 Å². The molecule has 0 saturated carbocycles. The van der Waals surface area contributed by atoms with Crippen molar-refractivity contribution < 1.29 is 9.47 Å². The molecular weight excluding hydrogens is 276 g/mol. The van der Waals surface area contributed by atoms with Crippen molar-refractivity contribution in [2.75, 3.05) is 32.9 Å². The maximum absolute atomic E-state index is 6.07. The van der Waals surface area contributed by atoms with E-state index in [1.165, 1.54) is 12.0 Å². The van der Waals surface area contributed by atoms with Gasteiger partial charge in [0.15, 0.2) is 0 Å². The van der Waals surface area contributed by atoms with Gasteiger partial charge < -0.3 is 9.47 Å².